The Balaban J connectivity index is 2.94. The lowest BCUT2D eigenvalue weighted by Gasteiger charge is -2.01. The van der Waals surface area contributed by atoms with E-state index in [1.807, 2.05) is 0 Å². The van der Waals surface area contributed by atoms with Gasteiger partial charge in [0.15, 0.2) is 0 Å². The molecule has 0 aliphatic carbocycles. The Bertz CT molecular complexity index is 553. The van der Waals surface area contributed by atoms with Gasteiger partial charge in [0.25, 0.3) is 0 Å². The molecule has 1 aromatic carbocycles. The van der Waals surface area contributed by atoms with Crippen LogP contribution < -0.4 is 5.43 Å². The molecule has 0 amide bonds. The highest BCUT2D eigenvalue weighted by atomic mass is 19.1. The molecule has 0 aromatic heterocycles. The number of nitriles is 2. The molecule has 0 aliphatic rings. The van der Waals surface area contributed by atoms with Crippen molar-refractivity contribution in [2.45, 2.75) is 0 Å². The molecule has 0 radical (unpaired) electrons. The number of nitrogens with one attached hydrogen (secondary N) is 1. The van der Waals surface area contributed by atoms with Crippen molar-refractivity contribution < 1.29 is 14.3 Å². The highest BCUT2D eigenvalue weighted by Gasteiger charge is 2.10. The van der Waals surface area contributed by atoms with Crippen LogP contribution in [0.15, 0.2) is 23.3 Å². The van der Waals surface area contributed by atoms with Crippen molar-refractivity contribution in [2.24, 2.45) is 5.10 Å². The third-order valence-electron chi connectivity index (χ3n) is 1.71. The summed E-state index contributed by atoms with van der Waals surface area (Å²) in [5, 5.41) is 28.7. The number of halogens is 1. The first kappa shape index (κ1) is 12.1. The summed E-state index contributed by atoms with van der Waals surface area (Å²) in [6.07, 6.45) is 0. The van der Waals surface area contributed by atoms with Gasteiger partial charge in [-0.1, -0.05) is 0 Å². The van der Waals surface area contributed by atoms with Gasteiger partial charge in [0.1, 0.15) is 18.0 Å². The fraction of sp³-hybridized carbons (Fsp3) is 0. The summed E-state index contributed by atoms with van der Waals surface area (Å²) in [4.78, 5) is 10.5. The summed E-state index contributed by atoms with van der Waals surface area (Å²) in [7, 11) is 0. The summed E-state index contributed by atoms with van der Waals surface area (Å²) >= 11 is 0. The number of benzene rings is 1. The fourth-order valence-electron chi connectivity index (χ4n) is 0.954. The van der Waals surface area contributed by atoms with Crippen LogP contribution in [0.2, 0.25) is 0 Å². The number of anilines is 1. The normalized spacial score (nSPS) is 8.65. The van der Waals surface area contributed by atoms with Crippen LogP contribution in [0.1, 0.15) is 10.4 Å². The highest BCUT2D eigenvalue weighted by molar-refractivity contribution is 6.10. The Morgan fingerprint density at radius 1 is 1.41 bits per heavy atom. The monoisotopic (exact) mass is 232 g/mol. The minimum absolute atomic E-state index is 0.135. The van der Waals surface area contributed by atoms with E-state index in [4.69, 9.17) is 15.6 Å². The van der Waals surface area contributed by atoms with Gasteiger partial charge in [0.05, 0.1) is 11.3 Å². The number of hydrazone groups is 1. The first-order chi connectivity index (χ1) is 8.08. The van der Waals surface area contributed by atoms with Crippen LogP contribution in [0.4, 0.5) is 10.1 Å². The minimum Gasteiger partial charge on any atom is -0.478 e. The number of rotatable bonds is 3. The second-order valence-electron chi connectivity index (χ2n) is 2.80. The molecule has 0 saturated heterocycles. The van der Waals surface area contributed by atoms with Gasteiger partial charge in [-0.05, 0) is 18.2 Å². The van der Waals surface area contributed by atoms with Gasteiger partial charge in [-0.2, -0.15) is 15.6 Å². The molecule has 1 rings (SSSR count). The summed E-state index contributed by atoms with van der Waals surface area (Å²) in [5.74, 6) is -2.32. The van der Waals surface area contributed by atoms with Crippen LogP contribution in [0, 0.1) is 28.5 Å². The SMILES string of the molecule is N#CC(C#N)=NNc1ccc(C(=O)O)c(F)c1. The van der Waals surface area contributed by atoms with Crippen LogP contribution in [-0.2, 0) is 0 Å². The molecule has 0 atom stereocenters. The van der Waals surface area contributed by atoms with E-state index in [0.717, 1.165) is 12.1 Å². The summed E-state index contributed by atoms with van der Waals surface area (Å²) < 4.78 is 13.2. The number of hydrogen-bond donors (Lipinski definition) is 2. The number of carboxylic acids is 1. The van der Waals surface area contributed by atoms with Crippen molar-refractivity contribution in [1.82, 2.24) is 0 Å². The van der Waals surface area contributed by atoms with Gasteiger partial charge in [0, 0.05) is 0 Å². The van der Waals surface area contributed by atoms with Crippen molar-refractivity contribution in [3.05, 3.63) is 29.6 Å². The topological polar surface area (TPSA) is 109 Å². The van der Waals surface area contributed by atoms with E-state index >= 15 is 0 Å². The smallest absolute Gasteiger partial charge is 0.338 e. The van der Waals surface area contributed by atoms with Crippen LogP contribution in [0.3, 0.4) is 0 Å². The molecule has 0 fully saturated rings. The van der Waals surface area contributed by atoms with E-state index in [1.165, 1.54) is 18.2 Å². The molecule has 0 bridgehead atoms. The molecule has 0 spiro atoms. The Kier molecular flexibility index (Phi) is 3.74. The zero-order chi connectivity index (χ0) is 12.8. The van der Waals surface area contributed by atoms with Gasteiger partial charge in [-0.25, -0.2) is 9.18 Å². The Morgan fingerprint density at radius 3 is 2.53 bits per heavy atom. The van der Waals surface area contributed by atoms with Gasteiger partial charge >= 0.3 is 5.97 Å². The van der Waals surface area contributed by atoms with Crippen molar-refractivity contribution >= 4 is 17.4 Å². The van der Waals surface area contributed by atoms with Gasteiger partial charge < -0.3 is 5.11 Å². The maximum atomic E-state index is 13.2. The molecule has 0 heterocycles. The summed E-state index contributed by atoms with van der Waals surface area (Å²) in [6.45, 7) is 0. The van der Waals surface area contributed by atoms with E-state index in [1.54, 1.807) is 0 Å². The van der Waals surface area contributed by atoms with E-state index in [0.29, 0.717) is 0 Å². The molecular formula is C10H5FN4O2. The molecule has 17 heavy (non-hydrogen) atoms. The molecule has 0 saturated carbocycles. The molecular weight excluding hydrogens is 227 g/mol. The van der Waals surface area contributed by atoms with E-state index in [-0.39, 0.29) is 5.69 Å². The number of carbonyl (C=O) groups is 1. The largest absolute Gasteiger partial charge is 0.478 e. The van der Waals surface area contributed by atoms with Gasteiger partial charge in [-0.15, -0.1) is 0 Å². The van der Waals surface area contributed by atoms with Crippen molar-refractivity contribution in [3.8, 4) is 12.1 Å². The zero-order valence-electron chi connectivity index (χ0n) is 8.31. The average molecular weight is 232 g/mol. The molecule has 2 N–H and O–H groups in total. The summed E-state index contributed by atoms with van der Waals surface area (Å²) in [5.41, 5.74) is 1.50. The predicted molar refractivity (Wildman–Crippen MR) is 55.6 cm³/mol. The number of aromatic carboxylic acids is 1. The number of hydrogen-bond acceptors (Lipinski definition) is 5. The molecule has 0 unspecified atom stereocenters. The summed E-state index contributed by atoms with van der Waals surface area (Å²) in [6, 6.07) is 6.23. The van der Waals surface area contributed by atoms with E-state index in [2.05, 4.69) is 10.5 Å². The van der Waals surface area contributed by atoms with E-state index < -0.39 is 23.1 Å². The maximum absolute atomic E-state index is 13.2. The van der Waals surface area contributed by atoms with Gasteiger partial charge in [0.2, 0.25) is 5.71 Å². The number of carboxylic acid groups (broad SMARTS) is 1. The molecule has 84 valence electrons. The fourth-order valence-corrected chi connectivity index (χ4v) is 0.954. The lowest BCUT2D eigenvalue weighted by Crippen LogP contribution is -2.02. The zero-order valence-corrected chi connectivity index (χ0v) is 8.31. The molecule has 0 aliphatic heterocycles. The first-order valence-corrected chi connectivity index (χ1v) is 4.25. The Hall–Kier alpha value is -2.93. The van der Waals surface area contributed by atoms with Crippen LogP contribution in [0.5, 0.6) is 0 Å². The van der Waals surface area contributed by atoms with Crippen molar-refractivity contribution in [3.63, 3.8) is 0 Å². The van der Waals surface area contributed by atoms with Crippen molar-refractivity contribution in [2.75, 3.05) is 5.43 Å². The lowest BCUT2D eigenvalue weighted by atomic mass is 10.2. The molecule has 6 nitrogen and oxygen atoms in total. The standard InChI is InChI=1S/C10H5FN4O2/c11-9-3-6(1-2-8(9)10(16)17)14-15-7(4-12)5-13/h1-3,14H,(H,16,17). The van der Waals surface area contributed by atoms with Crippen LogP contribution in [0.25, 0.3) is 0 Å². The number of nitrogens with zero attached hydrogens (tertiary/aromatic N) is 3. The molecule has 1 aromatic rings. The van der Waals surface area contributed by atoms with Crippen LogP contribution in [-0.4, -0.2) is 16.8 Å². The first-order valence-electron chi connectivity index (χ1n) is 4.25. The van der Waals surface area contributed by atoms with Crippen molar-refractivity contribution in [1.29, 1.82) is 10.5 Å². The Morgan fingerprint density at radius 2 is 2.06 bits per heavy atom. The third kappa shape index (κ3) is 3.01. The highest BCUT2D eigenvalue weighted by Crippen LogP contribution is 2.14. The second kappa shape index (κ2) is 5.24. The van der Waals surface area contributed by atoms with E-state index in [9.17, 15) is 9.18 Å². The average Bonchev–Trinajstić information content (AvgIpc) is 2.30. The van der Waals surface area contributed by atoms with Gasteiger partial charge in [-0.3, -0.25) is 5.43 Å². The Labute approximate surface area is 95.2 Å². The minimum atomic E-state index is -1.38. The third-order valence-corrected chi connectivity index (χ3v) is 1.71. The predicted octanol–water partition coefficient (Wildman–Crippen LogP) is 1.34. The second-order valence-corrected chi connectivity index (χ2v) is 2.80. The lowest BCUT2D eigenvalue weighted by molar-refractivity contribution is 0.0692. The maximum Gasteiger partial charge on any atom is 0.338 e. The quantitative estimate of drug-likeness (QED) is 0.603. The van der Waals surface area contributed by atoms with Crippen LogP contribution >= 0.6 is 0 Å². The molecule has 7 heteroatoms.